The first-order chi connectivity index (χ1) is 15.8. The number of aromatic nitrogens is 1. The number of methoxy groups -OCH3 is 1. The molecule has 0 saturated heterocycles. The van der Waals surface area contributed by atoms with Gasteiger partial charge in [-0.3, -0.25) is 14.5 Å². The zero-order valence-electron chi connectivity index (χ0n) is 19.1. The third kappa shape index (κ3) is 3.50. The number of anilines is 1. The first-order valence-corrected chi connectivity index (χ1v) is 11.8. The molecule has 1 aliphatic heterocycles. The number of rotatable bonds is 4. The van der Waals surface area contributed by atoms with E-state index in [9.17, 15) is 9.59 Å². The Hall–Kier alpha value is -2.93. The van der Waals surface area contributed by atoms with E-state index in [0.29, 0.717) is 40.2 Å². The molecular weight excluding hydrogens is 442 g/mol. The molecule has 0 radical (unpaired) electrons. The van der Waals surface area contributed by atoms with Gasteiger partial charge in [0.05, 0.1) is 30.5 Å². The van der Waals surface area contributed by atoms with E-state index in [4.69, 9.17) is 20.8 Å². The van der Waals surface area contributed by atoms with Crippen molar-refractivity contribution in [1.82, 2.24) is 9.88 Å². The van der Waals surface area contributed by atoms with Gasteiger partial charge >= 0.3 is 0 Å². The lowest BCUT2D eigenvalue weighted by molar-refractivity contribution is -0.127. The van der Waals surface area contributed by atoms with Gasteiger partial charge in [0.25, 0.3) is 5.91 Å². The molecule has 0 spiro atoms. The van der Waals surface area contributed by atoms with Crippen molar-refractivity contribution in [3.8, 4) is 5.75 Å². The average Bonchev–Trinajstić information content (AvgIpc) is 3.38. The summed E-state index contributed by atoms with van der Waals surface area (Å²) >= 11 is 6.41. The third-order valence-corrected chi connectivity index (χ3v) is 7.51. The number of amides is 2. The molecule has 2 aromatic heterocycles. The highest BCUT2D eigenvalue weighted by Gasteiger charge is 2.49. The van der Waals surface area contributed by atoms with Crippen molar-refractivity contribution in [3.63, 3.8) is 0 Å². The van der Waals surface area contributed by atoms with Crippen LogP contribution in [0.2, 0.25) is 5.02 Å². The maximum absolute atomic E-state index is 13.9. The van der Waals surface area contributed by atoms with Crippen molar-refractivity contribution in [1.29, 1.82) is 0 Å². The molecule has 0 unspecified atom stereocenters. The molecule has 33 heavy (non-hydrogen) atoms. The van der Waals surface area contributed by atoms with Crippen molar-refractivity contribution < 1.29 is 18.7 Å². The summed E-state index contributed by atoms with van der Waals surface area (Å²) in [7, 11) is 1.54. The lowest BCUT2D eigenvalue weighted by atomic mass is 9.84. The van der Waals surface area contributed by atoms with Gasteiger partial charge in [0.1, 0.15) is 17.0 Å². The quantitative estimate of drug-likeness (QED) is 0.582. The number of benzene rings is 1. The first-order valence-electron chi connectivity index (χ1n) is 11.4. The second kappa shape index (κ2) is 8.13. The van der Waals surface area contributed by atoms with E-state index in [0.717, 1.165) is 24.8 Å². The number of ether oxygens (including phenoxy) is 1. The van der Waals surface area contributed by atoms with Crippen LogP contribution in [0.3, 0.4) is 0 Å². The van der Waals surface area contributed by atoms with Crippen LogP contribution < -0.4 is 15.0 Å². The third-order valence-electron chi connectivity index (χ3n) is 7.22. The number of furan rings is 1. The molecule has 0 bridgehead atoms. The molecule has 174 valence electrons. The van der Waals surface area contributed by atoms with E-state index >= 15 is 0 Å². The largest absolute Gasteiger partial charge is 0.495 e. The van der Waals surface area contributed by atoms with Crippen molar-refractivity contribution in [2.24, 2.45) is 5.92 Å². The van der Waals surface area contributed by atoms with Crippen LogP contribution in [0.5, 0.6) is 5.75 Å². The normalized spacial score (nSPS) is 25.2. The highest BCUT2D eigenvalue weighted by atomic mass is 35.5. The Labute approximate surface area is 197 Å². The summed E-state index contributed by atoms with van der Waals surface area (Å²) in [6.07, 6.45) is 5.92. The Morgan fingerprint density at radius 3 is 2.76 bits per heavy atom. The highest BCUT2D eigenvalue weighted by molar-refractivity contribution is 6.32. The van der Waals surface area contributed by atoms with E-state index in [1.165, 1.54) is 13.5 Å². The van der Waals surface area contributed by atoms with Crippen molar-refractivity contribution in [2.45, 2.75) is 57.7 Å². The Bertz CT molecular complexity index is 1230. The fourth-order valence-electron chi connectivity index (χ4n) is 5.27. The smallest absolute Gasteiger partial charge is 0.276 e. The fraction of sp³-hybridized carbons (Fsp3) is 0.440. The average molecular weight is 470 g/mol. The molecule has 2 aliphatic rings. The molecule has 1 aromatic carbocycles. The molecule has 5 rings (SSSR count). The van der Waals surface area contributed by atoms with Crippen LogP contribution in [0, 0.1) is 5.92 Å². The minimum Gasteiger partial charge on any atom is -0.495 e. The number of fused-ring (bicyclic) bond motifs is 3. The summed E-state index contributed by atoms with van der Waals surface area (Å²) in [5.41, 5.74) is 1.28. The molecule has 1 fully saturated rings. The summed E-state index contributed by atoms with van der Waals surface area (Å²) in [5, 5.41) is 3.65. The van der Waals surface area contributed by atoms with Crippen molar-refractivity contribution in [3.05, 3.63) is 47.3 Å². The molecule has 3 heterocycles. The topological polar surface area (TPSA) is 76.7 Å². The number of nitrogens with one attached hydrogen (secondary N) is 1. The molecular formula is C25H28ClN3O4. The zero-order chi connectivity index (χ0) is 23.3. The van der Waals surface area contributed by atoms with Gasteiger partial charge in [0.2, 0.25) is 5.91 Å². The molecule has 3 aromatic rings. The Balaban J connectivity index is 1.60. The zero-order valence-corrected chi connectivity index (χ0v) is 19.8. The molecule has 1 aliphatic carbocycles. The first kappa shape index (κ1) is 21.9. The second-order valence-corrected chi connectivity index (χ2v) is 9.77. The van der Waals surface area contributed by atoms with Gasteiger partial charge in [0, 0.05) is 23.9 Å². The summed E-state index contributed by atoms with van der Waals surface area (Å²) < 4.78 is 12.7. The maximum atomic E-state index is 13.9. The van der Waals surface area contributed by atoms with E-state index in [-0.39, 0.29) is 17.9 Å². The summed E-state index contributed by atoms with van der Waals surface area (Å²) in [6.45, 7) is 4.30. The summed E-state index contributed by atoms with van der Waals surface area (Å²) in [6, 6.07) is 8.81. The van der Waals surface area contributed by atoms with Crippen molar-refractivity contribution >= 4 is 40.2 Å². The maximum Gasteiger partial charge on any atom is 0.276 e. The molecule has 8 heteroatoms. The minimum atomic E-state index is -1.16. The minimum absolute atomic E-state index is 0.0967. The standard InChI is InChI=1S/C25H28ClN3O4/c1-15-6-4-5-7-18(15)27-24(31)25(2)14-28-19-10-11-33-22(19)13-20(28)23(30)29(25)16-8-9-21(32-3)17(26)12-16/h8-13,15,18H,4-7,14H2,1-3H3,(H,27,31)/t15-,18-,25-/m1/s1. The van der Waals surface area contributed by atoms with Gasteiger partial charge in [-0.2, -0.15) is 0 Å². The van der Waals surface area contributed by atoms with Crippen LogP contribution in [0.15, 0.2) is 41.0 Å². The number of hydrogen-bond acceptors (Lipinski definition) is 4. The van der Waals surface area contributed by atoms with E-state index in [1.54, 1.807) is 35.4 Å². The van der Waals surface area contributed by atoms with Crippen LogP contribution in [0.1, 0.15) is 50.0 Å². The lowest BCUT2D eigenvalue weighted by Gasteiger charge is -2.45. The highest BCUT2D eigenvalue weighted by Crippen LogP contribution is 2.39. The molecule has 3 atom stereocenters. The molecule has 1 saturated carbocycles. The molecule has 1 N–H and O–H groups in total. The van der Waals surface area contributed by atoms with Gasteiger partial charge in [-0.25, -0.2) is 0 Å². The fourth-order valence-corrected chi connectivity index (χ4v) is 5.52. The van der Waals surface area contributed by atoms with Gasteiger partial charge in [-0.05, 0) is 43.9 Å². The van der Waals surface area contributed by atoms with E-state index < -0.39 is 5.54 Å². The monoisotopic (exact) mass is 469 g/mol. The SMILES string of the molecule is COc1ccc(N2C(=O)c3cc4occc4n3C[C@]2(C)C(=O)N[C@@H]2CCCC[C@H]2C)cc1Cl. The van der Waals surface area contributed by atoms with Crippen LogP contribution in [-0.4, -0.2) is 35.1 Å². The number of carbonyl (C=O) groups excluding carboxylic acids is 2. The predicted octanol–water partition coefficient (Wildman–Crippen LogP) is 5.01. The van der Waals surface area contributed by atoms with Gasteiger partial charge < -0.3 is 19.0 Å². The lowest BCUT2D eigenvalue weighted by Crippen LogP contribution is -2.65. The van der Waals surface area contributed by atoms with Gasteiger partial charge in [-0.1, -0.05) is 31.4 Å². The van der Waals surface area contributed by atoms with Crippen molar-refractivity contribution in [2.75, 3.05) is 12.0 Å². The predicted molar refractivity (Wildman–Crippen MR) is 127 cm³/mol. The number of carbonyl (C=O) groups is 2. The van der Waals surface area contributed by atoms with Gasteiger partial charge in [0.15, 0.2) is 5.58 Å². The van der Waals surface area contributed by atoms with Gasteiger partial charge in [-0.15, -0.1) is 0 Å². The van der Waals surface area contributed by atoms with Crippen LogP contribution in [-0.2, 0) is 11.3 Å². The molecule has 2 amide bonds. The number of nitrogens with zero attached hydrogens (tertiary/aromatic N) is 2. The number of hydrogen-bond donors (Lipinski definition) is 1. The summed E-state index contributed by atoms with van der Waals surface area (Å²) in [4.78, 5) is 29.3. The molecule has 7 nitrogen and oxygen atoms in total. The Kier molecular flexibility index (Phi) is 5.40. The van der Waals surface area contributed by atoms with E-state index in [1.807, 2.05) is 17.6 Å². The van der Waals surface area contributed by atoms with E-state index in [2.05, 4.69) is 12.2 Å². The van der Waals surface area contributed by atoms with Crippen LogP contribution in [0.4, 0.5) is 5.69 Å². The second-order valence-electron chi connectivity index (χ2n) is 9.36. The number of halogens is 1. The summed E-state index contributed by atoms with van der Waals surface area (Å²) in [5.74, 6) is 0.464. The van der Waals surface area contributed by atoms with Crippen LogP contribution in [0.25, 0.3) is 11.1 Å². The Morgan fingerprint density at radius 1 is 1.24 bits per heavy atom. The van der Waals surface area contributed by atoms with Crippen LogP contribution >= 0.6 is 11.6 Å². The Morgan fingerprint density at radius 2 is 2.03 bits per heavy atom.